The van der Waals surface area contributed by atoms with Crippen LogP contribution in [0.2, 0.25) is 0 Å². The highest BCUT2D eigenvalue weighted by molar-refractivity contribution is 6.04. The van der Waals surface area contributed by atoms with Crippen molar-refractivity contribution < 1.29 is 18.0 Å². The summed E-state index contributed by atoms with van der Waals surface area (Å²) in [4.78, 5) is 12.0. The molecule has 0 amide bonds. The fraction of sp³-hybridized carbons (Fsp3) is 0.233. The minimum Gasteiger partial charge on any atom is -0.298 e. The van der Waals surface area contributed by atoms with Gasteiger partial charge < -0.3 is 0 Å². The van der Waals surface area contributed by atoms with E-state index < -0.39 is 17.5 Å². The zero-order chi connectivity index (χ0) is 24.1. The van der Waals surface area contributed by atoms with E-state index in [9.17, 15) is 18.0 Å². The number of unbranched alkanes of at least 4 members (excludes halogenated alkanes) is 4. The highest BCUT2D eigenvalue weighted by Crippen LogP contribution is 2.33. The van der Waals surface area contributed by atoms with E-state index in [1.807, 2.05) is 18.2 Å². The van der Waals surface area contributed by atoms with Gasteiger partial charge in [-0.2, -0.15) is 0 Å². The van der Waals surface area contributed by atoms with Crippen molar-refractivity contribution in [2.75, 3.05) is 0 Å². The van der Waals surface area contributed by atoms with E-state index in [4.69, 9.17) is 0 Å². The number of hydrogen-bond donors (Lipinski definition) is 0. The maximum absolute atomic E-state index is 14.9. The van der Waals surface area contributed by atoms with Crippen LogP contribution in [-0.4, -0.2) is 6.29 Å². The maximum Gasteiger partial charge on any atom is 0.159 e. The normalized spacial score (nSPS) is 11.2. The Morgan fingerprint density at radius 1 is 0.676 bits per heavy atom. The molecule has 0 aromatic heterocycles. The first-order valence-corrected chi connectivity index (χ1v) is 11.8. The molecule has 0 spiro atoms. The predicted molar refractivity (Wildman–Crippen MR) is 133 cm³/mol. The molecule has 0 N–H and O–H groups in total. The summed E-state index contributed by atoms with van der Waals surface area (Å²) in [5, 5.41) is 1.81. The molecule has 34 heavy (non-hydrogen) atoms. The molecule has 0 aliphatic heterocycles. The summed E-state index contributed by atoms with van der Waals surface area (Å²) in [5.74, 6) is -2.58. The zero-order valence-corrected chi connectivity index (χ0v) is 19.2. The van der Waals surface area contributed by atoms with Gasteiger partial charge in [0.25, 0.3) is 0 Å². The second-order valence-corrected chi connectivity index (χ2v) is 8.69. The van der Waals surface area contributed by atoms with Crippen LogP contribution in [0.25, 0.3) is 33.0 Å². The lowest BCUT2D eigenvalue weighted by atomic mass is 9.92. The summed E-state index contributed by atoms with van der Waals surface area (Å²) < 4.78 is 41.8. The molecule has 0 aliphatic carbocycles. The Balaban J connectivity index is 1.63. The molecule has 4 aromatic rings. The van der Waals surface area contributed by atoms with Crippen LogP contribution >= 0.6 is 0 Å². The summed E-state index contributed by atoms with van der Waals surface area (Å²) in [6.45, 7) is 2.21. The van der Waals surface area contributed by atoms with E-state index in [1.165, 1.54) is 49.4 Å². The fourth-order valence-corrected chi connectivity index (χ4v) is 4.45. The van der Waals surface area contributed by atoms with Crippen molar-refractivity contribution in [1.29, 1.82) is 0 Å². The van der Waals surface area contributed by atoms with Gasteiger partial charge in [0.15, 0.2) is 17.9 Å². The van der Waals surface area contributed by atoms with Crippen molar-refractivity contribution in [3.05, 3.63) is 95.3 Å². The lowest BCUT2D eigenvalue weighted by Gasteiger charge is -2.12. The number of aldehydes is 1. The first-order valence-electron chi connectivity index (χ1n) is 11.8. The van der Waals surface area contributed by atoms with Crippen LogP contribution in [0.1, 0.15) is 54.9 Å². The number of halogens is 3. The van der Waals surface area contributed by atoms with E-state index in [-0.39, 0.29) is 11.1 Å². The maximum atomic E-state index is 14.9. The average molecular weight is 461 g/mol. The van der Waals surface area contributed by atoms with Gasteiger partial charge in [0.2, 0.25) is 0 Å². The Morgan fingerprint density at radius 3 is 2.12 bits per heavy atom. The molecule has 0 aliphatic rings. The van der Waals surface area contributed by atoms with Crippen LogP contribution in [0.15, 0.2) is 66.7 Å². The molecular formula is C30H27F3O. The van der Waals surface area contributed by atoms with Crippen molar-refractivity contribution in [3.8, 4) is 22.3 Å². The molecule has 1 nitrogen and oxygen atoms in total. The second kappa shape index (κ2) is 10.7. The summed E-state index contributed by atoms with van der Waals surface area (Å²) in [6, 6.07) is 17.8. The Hall–Kier alpha value is -3.40. The number of aryl methyl sites for hydroxylation is 1. The number of benzene rings is 4. The van der Waals surface area contributed by atoms with Gasteiger partial charge in [-0.1, -0.05) is 81.1 Å². The molecule has 4 heteroatoms. The highest BCUT2D eigenvalue weighted by atomic mass is 19.2. The number of hydrogen-bond acceptors (Lipinski definition) is 1. The van der Waals surface area contributed by atoms with Gasteiger partial charge in [-0.25, -0.2) is 13.2 Å². The molecule has 4 aromatic carbocycles. The SMILES string of the molecule is CCCCCCCc1ccc2c(C=O)c(-c3ccc(-c4ccc(F)c(F)c4)c(F)c3)ccc2c1. The lowest BCUT2D eigenvalue weighted by molar-refractivity contribution is 0.112. The number of carbonyl (C=O) groups excluding carboxylic acids is 1. The summed E-state index contributed by atoms with van der Waals surface area (Å²) in [6.07, 6.45) is 7.94. The average Bonchev–Trinajstić information content (AvgIpc) is 2.84. The molecule has 0 atom stereocenters. The molecular weight excluding hydrogens is 433 g/mol. The van der Waals surface area contributed by atoms with Crippen molar-refractivity contribution in [2.24, 2.45) is 0 Å². The molecule has 0 radical (unpaired) electrons. The Morgan fingerprint density at radius 2 is 1.38 bits per heavy atom. The van der Waals surface area contributed by atoms with Gasteiger partial charge in [0.1, 0.15) is 5.82 Å². The minimum absolute atomic E-state index is 0.166. The van der Waals surface area contributed by atoms with Crippen LogP contribution < -0.4 is 0 Å². The molecule has 4 rings (SSSR count). The Bertz CT molecular complexity index is 1330. The van der Waals surface area contributed by atoms with E-state index in [1.54, 1.807) is 6.07 Å². The zero-order valence-electron chi connectivity index (χ0n) is 19.2. The van der Waals surface area contributed by atoms with Gasteiger partial charge in [0.05, 0.1) is 0 Å². The van der Waals surface area contributed by atoms with Crippen molar-refractivity contribution >= 4 is 17.1 Å². The van der Waals surface area contributed by atoms with Gasteiger partial charge in [-0.05, 0) is 64.1 Å². The first kappa shape index (κ1) is 23.7. The third-order valence-corrected chi connectivity index (χ3v) is 6.32. The molecule has 0 fully saturated rings. The largest absolute Gasteiger partial charge is 0.298 e. The lowest BCUT2D eigenvalue weighted by Crippen LogP contribution is -1.94. The first-order chi connectivity index (χ1) is 16.5. The Kier molecular flexibility index (Phi) is 7.46. The minimum atomic E-state index is -1.03. The quantitative estimate of drug-likeness (QED) is 0.180. The van der Waals surface area contributed by atoms with Gasteiger partial charge >= 0.3 is 0 Å². The van der Waals surface area contributed by atoms with Crippen molar-refractivity contribution in [3.63, 3.8) is 0 Å². The van der Waals surface area contributed by atoms with Gasteiger partial charge in [0, 0.05) is 11.1 Å². The molecule has 0 saturated heterocycles. The molecule has 0 heterocycles. The molecule has 174 valence electrons. The number of fused-ring (bicyclic) bond motifs is 1. The molecule has 0 unspecified atom stereocenters. The third kappa shape index (κ3) is 5.06. The van der Waals surface area contributed by atoms with E-state index >= 15 is 0 Å². The number of carbonyl (C=O) groups is 1. The smallest absolute Gasteiger partial charge is 0.159 e. The van der Waals surface area contributed by atoms with Gasteiger partial charge in [-0.3, -0.25) is 4.79 Å². The summed E-state index contributed by atoms with van der Waals surface area (Å²) in [5.41, 5.74) is 3.35. The second-order valence-electron chi connectivity index (χ2n) is 8.69. The van der Waals surface area contributed by atoms with E-state index in [0.29, 0.717) is 16.7 Å². The van der Waals surface area contributed by atoms with Gasteiger partial charge in [-0.15, -0.1) is 0 Å². The number of rotatable bonds is 9. The highest BCUT2D eigenvalue weighted by Gasteiger charge is 2.14. The van der Waals surface area contributed by atoms with Crippen LogP contribution in [-0.2, 0) is 6.42 Å². The topological polar surface area (TPSA) is 17.1 Å². The molecule has 0 saturated carbocycles. The summed E-state index contributed by atoms with van der Waals surface area (Å²) in [7, 11) is 0. The van der Waals surface area contributed by atoms with E-state index in [0.717, 1.165) is 42.0 Å². The standard InChI is InChI=1S/C30H27F3O/c1-2-3-4-5-6-7-20-8-12-24-21(16-20)9-13-25(27(24)19-34)22-10-14-26(29(32)17-22)23-11-15-28(31)30(33)18-23/h8-19H,2-7H2,1H3. The third-order valence-electron chi connectivity index (χ3n) is 6.32. The van der Waals surface area contributed by atoms with E-state index in [2.05, 4.69) is 19.1 Å². The van der Waals surface area contributed by atoms with Crippen molar-refractivity contribution in [1.82, 2.24) is 0 Å². The van der Waals surface area contributed by atoms with Crippen LogP contribution in [0, 0.1) is 17.5 Å². The summed E-state index contributed by atoms with van der Waals surface area (Å²) >= 11 is 0. The predicted octanol–water partition coefficient (Wildman–Crippen LogP) is 8.92. The molecule has 0 bridgehead atoms. The Labute approximate surface area is 198 Å². The monoisotopic (exact) mass is 460 g/mol. The van der Waals surface area contributed by atoms with Crippen LogP contribution in [0.4, 0.5) is 13.2 Å². The fourth-order valence-electron chi connectivity index (χ4n) is 4.45. The van der Waals surface area contributed by atoms with Crippen molar-refractivity contribution in [2.45, 2.75) is 45.4 Å². The van der Waals surface area contributed by atoms with Crippen LogP contribution in [0.5, 0.6) is 0 Å². The van der Waals surface area contributed by atoms with Crippen LogP contribution in [0.3, 0.4) is 0 Å².